The molecule has 1 aliphatic rings. The molecule has 3 rings (SSSR count). The summed E-state index contributed by atoms with van der Waals surface area (Å²) in [6.07, 6.45) is 4.00. The molecule has 1 fully saturated rings. The second kappa shape index (κ2) is 13.6. The average Bonchev–Trinajstić information content (AvgIpc) is 3.45. The lowest BCUT2D eigenvalue weighted by Gasteiger charge is -2.26. The molecule has 3 atom stereocenters. The molecule has 0 saturated carbocycles. The Labute approximate surface area is 211 Å². The summed E-state index contributed by atoms with van der Waals surface area (Å²) in [7, 11) is 0. The van der Waals surface area contributed by atoms with Gasteiger partial charge in [0, 0.05) is 29.2 Å². The number of aryl methyl sites for hydroxylation is 2. The number of ether oxygens (including phenoxy) is 1. The summed E-state index contributed by atoms with van der Waals surface area (Å²) < 4.78 is 6.03. The minimum Gasteiger partial charge on any atom is -0.481 e. The van der Waals surface area contributed by atoms with Gasteiger partial charge in [0.25, 0.3) is 0 Å². The van der Waals surface area contributed by atoms with Crippen molar-refractivity contribution >= 4 is 28.9 Å². The zero-order valence-electron chi connectivity index (χ0n) is 20.1. The minimum atomic E-state index is -0.794. The first kappa shape index (κ1) is 27.1. The zero-order valence-corrected chi connectivity index (χ0v) is 21.7. The highest BCUT2D eigenvalue weighted by molar-refractivity contribution is 7.10. The quantitative estimate of drug-likeness (QED) is 0.340. The Morgan fingerprint density at radius 1 is 1.38 bits per heavy atom. The normalized spacial score (nSPS) is 18.3. The number of aliphatic hydroxyl groups is 1. The molecule has 2 heterocycles. The number of thiophene rings is 1. The van der Waals surface area contributed by atoms with E-state index in [1.165, 1.54) is 18.4 Å². The second-order valence-electron chi connectivity index (χ2n) is 9.09. The number of hydrogen-bond acceptors (Lipinski definition) is 6. The van der Waals surface area contributed by atoms with Crippen LogP contribution in [0.1, 0.15) is 60.3 Å². The predicted octanol–water partition coefficient (Wildman–Crippen LogP) is 4.81. The number of benzene rings is 1. The molecule has 0 radical (unpaired) electrons. The lowest BCUT2D eigenvalue weighted by atomic mass is 10.0. The molecule has 0 spiro atoms. The zero-order chi connectivity index (χ0) is 24.5. The van der Waals surface area contributed by atoms with Crippen molar-refractivity contribution in [2.75, 3.05) is 26.4 Å². The van der Waals surface area contributed by atoms with Gasteiger partial charge >= 0.3 is 5.97 Å². The highest BCUT2D eigenvalue weighted by Crippen LogP contribution is 2.30. The fourth-order valence-electron chi connectivity index (χ4n) is 4.52. The van der Waals surface area contributed by atoms with Crippen molar-refractivity contribution < 1.29 is 19.7 Å². The Kier molecular flexibility index (Phi) is 10.8. The summed E-state index contributed by atoms with van der Waals surface area (Å²) in [5.74, 6) is -0.794. The van der Waals surface area contributed by atoms with Crippen molar-refractivity contribution in [2.24, 2.45) is 0 Å². The fraction of sp³-hybridized carbons (Fsp3) is 0.577. The number of carboxylic acid groups (broad SMARTS) is 1. The van der Waals surface area contributed by atoms with Crippen LogP contribution >= 0.6 is 22.9 Å². The molecule has 188 valence electrons. The molecule has 34 heavy (non-hydrogen) atoms. The van der Waals surface area contributed by atoms with Crippen LogP contribution in [0.15, 0.2) is 29.6 Å². The maximum absolute atomic E-state index is 10.9. The number of nitrogens with one attached hydrogen (secondary N) is 1. The molecule has 1 aromatic heterocycles. The van der Waals surface area contributed by atoms with Gasteiger partial charge in [0.05, 0.1) is 25.2 Å². The van der Waals surface area contributed by atoms with E-state index in [4.69, 9.17) is 21.4 Å². The molecule has 1 aliphatic heterocycles. The van der Waals surface area contributed by atoms with Crippen LogP contribution in [-0.4, -0.2) is 59.6 Å². The molecule has 2 aromatic rings. The van der Waals surface area contributed by atoms with E-state index in [-0.39, 0.29) is 19.1 Å². The largest absolute Gasteiger partial charge is 0.481 e. The summed E-state index contributed by atoms with van der Waals surface area (Å²) in [5, 5.41) is 25.6. The van der Waals surface area contributed by atoms with Crippen molar-refractivity contribution in [3.63, 3.8) is 0 Å². The molecule has 8 heteroatoms. The minimum absolute atomic E-state index is 0.116. The van der Waals surface area contributed by atoms with Gasteiger partial charge in [-0.2, -0.15) is 0 Å². The van der Waals surface area contributed by atoms with Gasteiger partial charge in [0.15, 0.2) is 0 Å². The van der Waals surface area contributed by atoms with Crippen LogP contribution < -0.4 is 5.32 Å². The third-order valence-corrected chi connectivity index (χ3v) is 7.86. The molecular weight excluding hydrogens is 472 g/mol. The number of carboxylic acids is 1. The van der Waals surface area contributed by atoms with E-state index in [0.717, 1.165) is 47.1 Å². The third-order valence-electron chi connectivity index (χ3n) is 6.45. The van der Waals surface area contributed by atoms with Gasteiger partial charge in [-0.1, -0.05) is 30.7 Å². The van der Waals surface area contributed by atoms with Gasteiger partial charge < -0.3 is 20.3 Å². The number of aliphatic hydroxyl groups excluding tert-OH is 1. The molecular formula is C26H37ClN2O4S. The standard InChI is InChI=1S/C26H37ClN2O4S/c1-3-24(22-10-12-34-25(22)8-9-26(31)32)33-16-21(30)15-28-17-29-11-4-5-20(29)13-19-7-6-18(2)23(27)14-19/h6-7,10,12,14,20-21,24,28,30H,3-5,8-9,11,13,15-17H2,1-2H3,(H,31,32). The first-order valence-corrected chi connectivity index (χ1v) is 13.4. The molecule has 6 nitrogen and oxygen atoms in total. The molecule has 1 saturated heterocycles. The first-order chi connectivity index (χ1) is 16.4. The first-order valence-electron chi connectivity index (χ1n) is 12.1. The van der Waals surface area contributed by atoms with E-state index in [2.05, 4.69) is 28.4 Å². The van der Waals surface area contributed by atoms with E-state index in [1.807, 2.05) is 25.3 Å². The molecule has 0 aliphatic carbocycles. The monoisotopic (exact) mass is 508 g/mol. The molecule has 3 unspecified atom stereocenters. The Bertz CT molecular complexity index is 922. The number of nitrogens with zero attached hydrogens (tertiary/aromatic N) is 1. The van der Waals surface area contributed by atoms with Gasteiger partial charge in [0.2, 0.25) is 0 Å². The maximum Gasteiger partial charge on any atom is 0.303 e. The van der Waals surface area contributed by atoms with E-state index in [1.54, 1.807) is 11.3 Å². The van der Waals surface area contributed by atoms with Crippen LogP contribution in [0.5, 0.6) is 0 Å². The van der Waals surface area contributed by atoms with Crippen molar-refractivity contribution in [3.8, 4) is 0 Å². The van der Waals surface area contributed by atoms with Crippen LogP contribution in [0, 0.1) is 6.92 Å². The summed E-state index contributed by atoms with van der Waals surface area (Å²) in [5.41, 5.74) is 3.42. The summed E-state index contributed by atoms with van der Waals surface area (Å²) in [6.45, 7) is 6.56. The number of hydrogen-bond donors (Lipinski definition) is 3. The van der Waals surface area contributed by atoms with Crippen molar-refractivity contribution in [1.82, 2.24) is 10.2 Å². The van der Waals surface area contributed by atoms with Crippen LogP contribution in [-0.2, 0) is 22.4 Å². The fourth-order valence-corrected chi connectivity index (χ4v) is 5.66. The average molecular weight is 509 g/mol. The molecule has 3 N–H and O–H groups in total. The smallest absolute Gasteiger partial charge is 0.303 e. The van der Waals surface area contributed by atoms with Crippen LogP contribution in [0.2, 0.25) is 5.02 Å². The Morgan fingerprint density at radius 2 is 2.21 bits per heavy atom. The van der Waals surface area contributed by atoms with Gasteiger partial charge in [-0.25, -0.2) is 0 Å². The van der Waals surface area contributed by atoms with Crippen LogP contribution in [0.4, 0.5) is 0 Å². The SMILES string of the molecule is CCC(OCC(O)CNCN1CCCC1Cc1ccc(C)c(Cl)c1)c1ccsc1CCC(=O)O. The summed E-state index contributed by atoms with van der Waals surface area (Å²) >= 11 is 7.87. The van der Waals surface area contributed by atoms with Crippen molar-refractivity contribution in [1.29, 1.82) is 0 Å². The van der Waals surface area contributed by atoms with Crippen LogP contribution in [0.3, 0.4) is 0 Å². The summed E-state index contributed by atoms with van der Waals surface area (Å²) in [6, 6.07) is 8.81. The predicted molar refractivity (Wildman–Crippen MR) is 138 cm³/mol. The lowest BCUT2D eigenvalue weighted by molar-refractivity contribution is -0.136. The van der Waals surface area contributed by atoms with E-state index >= 15 is 0 Å². The van der Waals surface area contributed by atoms with Gasteiger partial charge in [-0.15, -0.1) is 11.3 Å². The van der Waals surface area contributed by atoms with Crippen LogP contribution in [0.25, 0.3) is 0 Å². The van der Waals surface area contributed by atoms with E-state index in [0.29, 0.717) is 19.0 Å². The van der Waals surface area contributed by atoms with Crippen molar-refractivity contribution in [2.45, 2.75) is 70.6 Å². The lowest BCUT2D eigenvalue weighted by Crippen LogP contribution is -2.42. The van der Waals surface area contributed by atoms with Gasteiger partial charge in [-0.05, 0) is 79.8 Å². The number of likely N-dealkylation sites (tertiary alicyclic amines) is 1. The van der Waals surface area contributed by atoms with Gasteiger partial charge in [0.1, 0.15) is 0 Å². The molecule has 0 amide bonds. The third kappa shape index (κ3) is 8.04. The molecule has 0 bridgehead atoms. The van der Waals surface area contributed by atoms with E-state index < -0.39 is 12.1 Å². The number of carbonyl (C=O) groups is 1. The Morgan fingerprint density at radius 3 is 2.94 bits per heavy atom. The van der Waals surface area contributed by atoms with E-state index in [9.17, 15) is 9.90 Å². The summed E-state index contributed by atoms with van der Waals surface area (Å²) in [4.78, 5) is 14.4. The Hall–Kier alpha value is -1.48. The topological polar surface area (TPSA) is 82.0 Å². The second-order valence-corrected chi connectivity index (χ2v) is 10.5. The number of halogens is 1. The highest BCUT2D eigenvalue weighted by atomic mass is 35.5. The van der Waals surface area contributed by atoms with Crippen molar-refractivity contribution in [3.05, 3.63) is 56.2 Å². The maximum atomic E-state index is 10.9. The Balaban J connectivity index is 1.41. The highest BCUT2D eigenvalue weighted by Gasteiger charge is 2.25. The van der Waals surface area contributed by atoms with Gasteiger partial charge in [-0.3, -0.25) is 9.69 Å². The number of rotatable bonds is 14. The number of aliphatic carboxylic acids is 1. The molecule has 1 aromatic carbocycles.